The molecule has 0 aliphatic heterocycles. The molecule has 20 heavy (non-hydrogen) atoms. The number of carboxylic acid groups (broad SMARTS) is 1. The number of aromatic nitrogens is 1. The van der Waals surface area contributed by atoms with Gasteiger partial charge in [0.25, 0.3) is 5.91 Å². The molecule has 0 spiro atoms. The molecule has 2 heterocycles. The number of aromatic carboxylic acids is 1. The van der Waals surface area contributed by atoms with Crippen LogP contribution in [-0.2, 0) is 13.0 Å². The van der Waals surface area contributed by atoms with Gasteiger partial charge in [-0.25, -0.2) is 4.79 Å². The summed E-state index contributed by atoms with van der Waals surface area (Å²) >= 11 is 1.57. The molecule has 1 amide bonds. The van der Waals surface area contributed by atoms with Crippen LogP contribution < -0.4 is 5.32 Å². The van der Waals surface area contributed by atoms with E-state index in [2.05, 4.69) is 17.2 Å². The predicted molar refractivity (Wildman–Crippen MR) is 76.1 cm³/mol. The number of hydrogen-bond donors (Lipinski definition) is 2. The lowest BCUT2D eigenvalue weighted by atomic mass is 10.1. The summed E-state index contributed by atoms with van der Waals surface area (Å²) in [6.45, 7) is 2.43. The molecule has 2 N–H and O–H groups in total. The van der Waals surface area contributed by atoms with Crippen molar-refractivity contribution >= 4 is 23.2 Å². The van der Waals surface area contributed by atoms with Gasteiger partial charge in [0.1, 0.15) is 5.69 Å². The van der Waals surface area contributed by atoms with Gasteiger partial charge in [-0.1, -0.05) is 6.92 Å². The van der Waals surface area contributed by atoms with Crippen molar-refractivity contribution in [2.24, 2.45) is 0 Å². The Morgan fingerprint density at radius 2 is 2.20 bits per heavy atom. The third kappa shape index (κ3) is 3.03. The zero-order chi connectivity index (χ0) is 14.5. The maximum absolute atomic E-state index is 12.0. The molecule has 0 aliphatic rings. The minimum absolute atomic E-state index is 0.0606. The molecule has 0 fully saturated rings. The Morgan fingerprint density at radius 3 is 2.90 bits per heavy atom. The van der Waals surface area contributed by atoms with Crippen molar-refractivity contribution in [2.75, 3.05) is 0 Å². The van der Waals surface area contributed by atoms with Gasteiger partial charge in [0.05, 0.1) is 12.1 Å². The highest BCUT2D eigenvalue weighted by Crippen LogP contribution is 2.17. The largest absolute Gasteiger partial charge is 0.478 e. The van der Waals surface area contributed by atoms with Gasteiger partial charge >= 0.3 is 5.97 Å². The van der Waals surface area contributed by atoms with Crippen LogP contribution in [-0.4, -0.2) is 22.0 Å². The normalized spacial score (nSPS) is 10.2. The van der Waals surface area contributed by atoms with E-state index in [1.54, 1.807) is 11.3 Å². The van der Waals surface area contributed by atoms with Gasteiger partial charge in [0.15, 0.2) is 0 Å². The van der Waals surface area contributed by atoms with Crippen LogP contribution in [0.2, 0.25) is 0 Å². The average molecular weight is 290 g/mol. The molecule has 0 saturated carbocycles. The van der Waals surface area contributed by atoms with E-state index in [1.165, 1.54) is 23.9 Å². The molecule has 104 valence electrons. The van der Waals surface area contributed by atoms with Gasteiger partial charge in [-0.15, -0.1) is 11.3 Å². The second kappa shape index (κ2) is 6.29. The molecule has 2 rings (SSSR count). The molecule has 2 aromatic heterocycles. The number of amides is 1. The summed E-state index contributed by atoms with van der Waals surface area (Å²) in [5, 5.41) is 13.7. The first-order chi connectivity index (χ1) is 9.63. The zero-order valence-corrected chi connectivity index (χ0v) is 11.7. The fourth-order valence-corrected chi connectivity index (χ4v) is 2.76. The molecular weight excluding hydrogens is 276 g/mol. The van der Waals surface area contributed by atoms with Gasteiger partial charge < -0.3 is 10.4 Å². The molecule has 0 radical (unpaired) electrons. The molecule has 0 unspecified atom stereocenters. The summed E-state index contributed by atoms with van der Waals surface area (Å²) in [5.41, 5.74) is 1.04. The van der Waals surface area contributed by atoms with Crippen molar-refractivity contribution in [3.05, 3.63) is 51.5 Å². The highest BCUT2D eigenvalue weighted by molar-refractivity contribution is 7.10. The quantitative estimate of drug-likeness (QED) is 0.885. The van der Waals surface area contributed by atoms with Crippen LogP contribution in [0.3, 0.4) is 0 Å². The molecule has 0 aliphatic carbocycles. The van der Waals surface area contributed by atoms with E-state index in [0.717, 1.165) is 11.3 Å². The summed E-state index contributed by atoms with van der Waals surface area (Å²) in [6, 6.07) is 4.89. The van der Waals surface area contributed by atoms with Crippen LogP contribution in [0.4, 0.5) is 0 Å². The number of carbonyl (C=O) groups excluding carboxylic acids is 1. The highest BCUT2D eigenvalue weighted by Gasteiger charge is 2.17. The molecule has 6 heteroatoms. The second-order valence-electron chi connectivity index (χ2n) is 4.11. The first kappa shape index (κ1) is 14.2. The lowest BCUT2D eigenvalue weighted by Crippen LogP contribution is -2.26. The lowest BCUT2D eigenvalue weighted by Gasteiger charge is -2.07. The van der Waals surface area contributed by atoms with Gasteiger partial charge in [0.2, 0.25) is 0 Å². The number of hydrogen-bond acceptors (Lipinski definition) is 4. The van der Waals surface area contributed by atoms with Crippen LogP contribution in [0.25, 0.3) is 0 Å². The van der Waals surface area contributed by atoms with E-state index in [4.69, 9.17) is 5.11 Å². The van der Waals surface area contributed by atoms with E-state index >= 15 is 0 Å². The van der Waals surface area contributed by atoms with Crippen LogP contribution in [0, 0.1) is 0 Å². The number of carbonyl (C=O) groups is 2. The third-order valence-electron chi connectivity index (χ3n) is 2.88. The Hall–Kier alpha value is -2.21. The summed E-state index contributed by atoms with van der Waals surface area (Å²) in [4.78, 5) is 28.0. The third-order valence-corrected chi connectivity index (χ3v) is 3.84. The minimum atomic E-state index is -1.16. The smallest absolute Gasteiger partial charge is 0.338 e. The maximum Gasteiger partial charge on any atom is 0.338 e. The maximum atomic E-state index is 12.0. The van der Waals surface area contributed by atoms with Crippen LogP contribution in [0.5, 0.6) is 0 Å². The van der Waals surface area contributed by atoms with Crippen molar-refractivity contribution in [2.45, 2.75) is 19.9 Å². The Morgan fingerprint density at radius 1 is 1.40 bits per heavy atom. The minimum Gasteiger partial charge on any atom is -0.478 e. The Kier molecular flexibility index (Phi) is 4.47. The molecule has 0 bridgehead atoms. The van der Waals surface area contributed by atoms with E-state index in [9.17, 15) is 9.59 Å². The average Bonchev–Trinajstić information content (AvgIpc) is 2.92. The molecule has 0 atom stereocenters. The zero-order valence-electron chi connectivity index (χ0n) is 10.9. The number of pyridine rings is 1. The predicted octanol–water partition coefficient (Wildman–Crippen LogP) is 2.33. The molecule has 0 saturated heterocycles. The van der Waals surface area contributed by atoms with E-state index in [-0.39, 0.29) is 11.3 Å². The fourth-order valence-electron chi connectivity index (χ4n) is 1.84. The fraction of sp³-hybridized carbons (Fsp3) is 0.214. The van der Waals surface area contributed by atoms with E-state index < -0.39 is 11.9 Å². The Balaban J connectivity index is 2.11. The monoisotopic (exact) mass is 290 g/mol. The topological polar surface area (TPSA) is 79.3 Å². The van der Waals surface area contributed by atoms with E-state index in [1.807, 2.05) is 11.4 Å². The Bertz CT molecular complexity index is 637. The number of nitrogens with one attached hydrogen (secondary N) is 1. The van der Waals surface area contributed by atoms with Gasteiger partial charge in [-0.05, 0) is 35.6 Å². The van der Waals surface area contributed by atoms with Crippen molar-refractivity contribution in [3.63, 3.8) is 0 Å². The summed E-state index contributed by atoms with van der Waals surface area (Å²) in [7, 11) is 0. The first-order valence-corrected chi connectivity index (χ1v) is 7.03. The van der Waals surface area contributed by atoms with Gasteiger partial charge in [-0.3, -0.25) is 9.78 Å². The molecule has 5 nitrogen and oxygen atoms in total. The first-order valence-electron chi connectivity index (χ1n) is 6.15. The number of rotatable bonds is 5. The van der Waals surface area contributed by atoms with E-state index in [0.29, 0.717) is 6.54 Å². The molecule has 0 aromatic carbocycles. The van der Waals surface area contributed by atoms with Crippen LogP contribution in [0.15, 0.2) is 29.8 Å². The lowest BCUT2D eigenvalue weighted by molar-refractivity contribution is 0.0690. The second-order valence-corrected chi connectivity index (χ2v) is 5.11. The SMILES string of the molecule is CCc1ccsc1CNC(=O)c1ncccc1C(=O)O. The number of nitrogens with zero attached hydrogens (tertiary/aromatic N) is 1. The summed E-state index contributed by atoms with van der Waals surface area (Å²) in [5.74, 6) is -1.63. The number of thiophene rings is 1. The van der Waals surface area contributed by atoms with Gasteiger partial charge in [-0.2, -0.15) is 0 Å². The standard InChI is InChI=1S/C14H14N2O3S/c1-2-9-5-7-20-11(9)8-16-13(17)12-10(14(18)19)4-3-6-15-12/h3-7H,2,8H2,1H3,(H,16,17)(H,18,19). The van der Waals surface area contributed by atoms with Crippen molar-refractivity contribution in [1.29, 1.82) is 0 Å². The summed E-state index contributed by atoms with van der Waals surface area (Å²) < 4.78 is 0. The molecular formula is C14H14N2O3S. The Labute approximate surface area is 120 Å². The number of aryl methyl sites for hydroxylation is 1. The van der Waals surface area contributed by atoms with Gasteiger partial charge in [0, 0.05) is 11.1 Å². The van der Waals surface area contributed by atoms with Crippen LogP contribution in [0.1, 0.15) is 38.2 Å². The van der Waals surface area contributed by atoms with Crippen LogP contribution >= 0.6 is 11.3 Å². The van der Waals surface area contributed by atoms with Crippen molar-refractivity contribution in [3.8, 4) is 0 Å². The summed E-state index contributed by atoms with van der Waals surface area (Å²) in [6.07, 6.45) is 2.31. The highest BCUT2D eigenvalue weighted by atomic mass is 32.1. The molecule has 2 aromatic rings. The van der Waals surface area contributed by atoms with Crippen molar-refractivity contribution < 1.29 is 14.7 Å². The van der Waals surface area contributed by atoms with Crippen molar-refractivity contribution in [1.82, 2.24) is 10.3 Å². The number of carboxylic acids is 1.